The molecule has 22 nitrogen and oxygen atoms in total. The minimum absolute atomic E-state index is 0.0732. The van der Waals surface area contributed by atoms with Gasteiger partial charge in [0.2, 0.25) is 0 Å². The van der Waals surface area contributed by atoms with Crippen LogP contribution in [0.5, 0.6) is 0 Å². The van der Waals surface area contributed by atoms with Crippen LogP contribution in [0.3, 0.4) is 0 Å². The van der Waals surface area contributed by atoms with Crippen molar-refractivity contribution in [1.82, 2.24) is 0 Å². The van der Waals surface area contributed by atoms with Crippen LogP contribution in [-0.2, 0) is 104 Å². The van der Waals surface area contributed by atoms with Crippen LogP contribution in [0.2, 0.25) is 0 Å². The highest BCUT2D eigenvalue weighted by Gasteiger charge is 2.35. The van der Waals surface area contributed by atoms with Gasteiger partial charge in [0.15, 0.2) is 0 Å². The molecule has 0 spiro atoms. The molecule has 11 saturated heterocycles. The summed E-state index contributed by atoms with van der Waals surface area (Å²) in [6, 6.07) is 0. The van der Waals surface area contributed by atoms with Gasteiger partial charge in [0.1, 0.15) is 67.1 Å². The Morgan fingerprint density at radius 3 is 0.641 bits per heavy atom. The fraction of sp³-hybridized carbons (Fsp3) is 1.00. The molecule has 0 radical (unpaired) electrons. The van der Waals surface area contributed by atoms with Crippen molar-refractivity contribution in [1.29, 1.82) is 0 Å². The van der Waals surface area contributed by atoms with Crippen LogP contribution in [0, 0.1) is 10.8 Å². The fourth-order valence-corrected chi connectivity index (χ4v) is 7.01. The molecule has 11 fully saturated rings. The predicted octanol–water partition coefficient (Wildman–Crippen LogP) is 3.26. The first-order valence-corrected chi connectivity index (χ1v) is 29.4. The Morgan fingerprint density at radius 1 is 0.256 bits per heavy atom. The lowest BCUT2D eigenvalue weighted by molar-refractivity contribution is -0.0762. The molecule has 0 aliphatic carbocycles. The lowest BCUT2D eigenvalue weighted by atomic mass is 9.88. The van der Waals surface area contributed by atoms with Crippen molar-refractivity contribution in [3.8, 4) is 0 Å². The summed E-state index contributed by atoms with van der Waals surface area (Å²) in [4.78, 5) is 0. The highest BCUT2D eigenvalue weighted by Crippen LogP contribution is 2.27. The van der Waals surface area contributed by atoms with Crippen LogP contribution in [-0.4, -0.2) is 285 Å². The van der Waals surface area contributed by atoms with Crippen LogP contribution in [0.1, 0.15) is 65.7 Å². The van der Waals surface area contributed by atoms with Crippen LogP contribution in [0.15, 0.2) is 0 Å². The van der Waals surface area contributed by atoms with Gasteiger partial charge >= 0.3 is 0 Å². The van der Waals surface area contributed by atoms with Crippen molar-refractivity contribution in [2.45, 2.75) is 133 Å². The van der Waals surface area contributed by atoms with E-state index in [4.69, 9.17) is 104 Å². The van der Waals surface area contributed by atoms with Crippen molar-refractivity contribution < 1.29 is 104 Å². The van der Waals surface area contributed by atoms with Crippen LogP contribution in [0.4, 0.5) is 0 Å². The number of epoxide rings is 11. The molecule has 0 N–H and O–H groups in total. The molecule has 0 amide bonds. The summed E-state index contributed by atoms with van der Waals surface area (Å²) in [7, 11) is 0. The lowest BCUT2D eigenvalue weighted by Gasteiger charge is -2.32. The first-order chi connectivity index (χ1) is 38.3. The van der Waals surface area contributed by atoms with Gasteiger partial charge in [0, 0.05) is 37.3 Å². The van der Waals surface area contributed by atoms with Gasteiger partial charge < -0.3 is 104 Å². The monoisotopic (exact) mass is 1120 g/mol. The van der Waals surface area contributed by atoms with Gasteiger partial charge in [0.25, 0.3) is 0 Å². The van der Waals surface area contributed by atoms with E-state index in [2.05, 4.69) is 20.8 Å². The third-order valence-corrected chi connectivity index (χ3v) is 13.3. The van der Waals surface area contributed by atoms with E-state index < -0.39 is 0 Å². The highest BCUT2D eigenvalue weighted by atomic mass is 16.6. The van der Waals surface area contributed by atoms with Crippen molar-refractivity contribution in [3.05, 3.63) is 0 Å². The molecule has 0 aromatic carbocycles. The zero-order valence-corrected chi connectivity index (χ0v) is 47.6. The Balaban J connectivity index is 0.000000143. The molecular formula is C56H100O22. The van der Waals surface area contributed by atoms with Gasteiger partial charge in [0.05, 0.1) is 192 Å². The van der Waals surface area contributed by atoms with Crippen molar-refractivity contribution >= 4 is 0 Å². The van der Waals surface area contributed by atoms with E-state index in [0.29, 0.717) is 133 Å². The van der Waals surface area contributed by atoms with Gasteiger partial charge in [-0.1, -0.05) is 33.6 Å². The Kier molecular flexibility index (Phi) is 31.6. The molecule has 78 heavy (non-hydrogen) atoms. The first kappa shape index (κ1) is 64.7. The average molecular weight is 1130 g/mol. The second-order valence-corrected chi connectivity index (χ2v) is 22.7. The number of hydrogen-bond donors (Lipinski definition) is 0. The molecule has 11 heterocycles. The predicted molar refractivity (Wildman–Crippen MR) is 280 cm³/mol. The number of ether oxygens (including phenoxy) is 22. The maximum atomic E-state index is 5.81. The summed E-state index contributed by atoms with van der Waals surface area (Å²) in [5.41, 5.74) is -0.0253. The Morgan fingerprint density at radius 2 is 0.436 bits per heavy atom. The molecule has 456 valence electrons. The molecule has 0 saturated carbocycles. The number of unbranched alkanes of at least 4 members (excludes halogenated alkanes) is 4. The quantitative estimate of drug-likeness (QED) is 0.0628. The molecule has 0 aromatic rings. The van der Waals surface area contributed by atoms with Gasteiger partial charge in [-0.2, -0.15) is 0 Å². The largest absolute Gasteiger partial charge is 0.379 e. The van der Waals surface area contributed by atoms with E-state index in [9.17, 15) is 0 Å². The maximum Gasteiger partial charge on any atom is 0.104 e. The summed E-state index contributed by atoms with van der Waals surface area (Å²) >= 11 is 0. The highest BCUT2D eigenvalue weighted by molar-refractivity contribution is 4.81. The van der Waals surface area contributed by atoms with Crippen LogP contribution < -0.4 is 0 Å². The summed E-state index contributed by atoms with van der Waals surface area (Å²) < 4.78 is 117. The first-order valence-electron chi connectivity index (χ1n) is 29.4. The minimum atomic E-state index is -0.0985. The molecule has 11 aliphatic rings. The topological polar surface area (TPSA) is 239 Å². The molecule has 11 atom stereocenters. The van der Waals surface area contributed by atoms with E-state index in [-0.39, 0.29) is 10.8 Å². The van der Waals surface area contributed by atoms with Gasteiger partial charge in [-0.05, 0) is 32.1 Å². The Bertz CT molecular complexity index is 1340. The van der Waals surface area contributed by atoms with Gasteiger partial charge in [-0.25, -0.2) is 0 Å². The second kappa shape index (κ2) is 38.1. The summed E-state index contributed by atoms with van der Waals surface area (Å²) in [6.45, 7) is 31.9. The third-order valence-electron chi connectivity index (χ3n) is 13.3. The Labute approximate surface area is 464 Å². The smallest absolute Gasteiger partial charge is 0.104 e. The van der Waals surface area contributed by atoms with Crippen molar-refractivity contribution in [3.63, 3.8) is 0 Å². The second-order valence-electron chi connectivity index (χ2n) is 22.7. The average Bonchev–Trinajstić information content (AvgIpc) is 4.21. The fourth-order valence-electron chi connectivity index (χ4n) is 7.01. The van der Waals surface area contributed by atoms with E-state index >= 15 is 0 Å². The van der Waals surface area contributed by atoms with Gasteiger partial charge in [-0.3, -0.25) is 0 Å². The lowest BCUT2D eigenvalue weighted by Crippen LogP contribution is -2.38. The molecule has 0 aromatic heterocycles. The van der Waals surface area contributed by atoms with E-state index in [0.717, 1.165) is 184 Å². The number of hydrogen-bond acceptors (Lipinski definition) is 22. The SMILES string of the molecule is C(CCCOCC1CO1)CCOCC1CO1.C(CCOCC1CO1)COCC1CO1.C(COCC1CO1)OCC1CO1.CC(C)(COCC1CO1)COCC1CO1.CCC(COCC1CO1)(COCC1CO1)COCC1CO1. The standard InChI is InChI=1S/C15H26O6.C12H22O4.C11H20O4.C10H18O4.C8H14O4/c1-2-15(9-16-3-12-6-19-12,10-17-4-13-7-20-13)11-18-5-14-8-21-14;1(3-5-13-7-11-9-15-11)2-4-6-14-8-12-10-16-12;1-11(2,7-12-3-9-5-14-9)8-13-4-10-6-15-10;1(3-11-5-9-7-13-9)2-4-12-6-10-8-14-10;1(9-3-7-5-11-7)2-10-4-8-6-12-8/h12-14H,2-11H2,1H3;11-12H,1-10H2;9-10H,3-8H2,1-2H3;9-10H,1-8H2;7-8H,1-6H2. The van der Waals surface area contributed by atoms with E-state index in [1.807, 2.05) is 0 Å². The van der Waals surface area contributed by atoms with Crippen molar-refractivity contribution in [2.75, 3.05) is 218 Å². The molecule has 11 unspecified atom stereocenters. The molecular weight excluding hydrogens is 1020 g/mol. The molecule has 11 aliphatic heterocycles. The summed E-state index contributed by atoms with van der Waals surface area (Å²) in [5, 5.41) is 0. The summed E-state index contributed by atoms with van der Waals surface area (Å²) in [6.07, 6.45) is 11.7. The van der Waals surface area contributed by atoms with E-state index in [1.165, 1.54) is 12.8 Å². The number of rotatable bonds is 48. The zero-order chi connectivity index (χ0) is 54.2. The van der Waals surface area contributed by atoms with Crippen molar-refractivity contribution in [2.24, 2.45) is 10.8 Å². The molecule has 0 bridgehead atoms. The normalized spacial score (nSPS) is 30.1. The summed E-state index contributed by atoms with van der Waals surface area (Å²) in [5.74, 6) is 0. The van der Waals surface area contributed by atoms with Crippen LogP contribution in [0.25, 0.3) is 0 Å². The third kappa shape index (κ3) is 38.8. The molecule has 22 heteroatoms. The molecule has 11 rings (SSSR count). The minimum Gasteiger partial charge on any atom is -0.379 e. The van der Waals surface area contributed by atoms with E-state index in [1.54, 1.807) is 0 Å². The zero-order valence-electron chi connectivity index (χ0n) is 47.6. The maximum absolute atomic E-state index is 5.81. The van der Waals surface area contributed by atoms with Gasteiger partial charge in [-0.15, -0.1) is 0 Å². The Hall–Kier alpha value is -0.880. The van der Waals surface area contributed by atoms with Crippen LogP contribution >= 0.6 is 0 Å².